The quantitative estimate of drug-likeness (QED) is 0.866. The van der Waals surface area contributed by atoms with E-state index in [1.54, 1.807) is 0 Å². The van der Waals surface area contributed by atoms with Crippen molar-refractivity contribution in [2.45, 2.75) is 38.7 Å². The van der Waals surface area contributed by atoms with Crippen LogP contribution in [0.3, 0.4) is 0 Å². The first-order valence-electron chi connectivity index (χ1n) is 6.48. The van der Waals surface area contributed by atoms with E-state index in [1.807, 2.05) is 12.1 Å². The van der Waals surface area contributed by atoms with Gasteiger partial charge in [0.2, 0.25) is 0 Å². The third-order valence-electron chi connectivity index (χ3n) is 3.50. The molecular formula is C15H18O2. The smallest absolute Gasteiger partial charge is 0.134 e. The number of aliphatic hydroxyl groups excluding tert-OH is 1. The molecule has 0 radical (unpaired) electrons. The van der Waals surface area contributed by atoms with Crippen LogP contribution in [0.5, 0.6) is 0 Å². The van der Waals surface area contributed by atoms with Crippen molar-refractivity contribution in [3.63, 3.8) is 0 Å². The van der Waals surface area contributed by atoms with Gasteiger partial charge >= 0.3 is 0 Å². The molecule has 1 fully saturated rings. The second kappa shape index (κ2) is 4.19. The summed E-state index contributed by atoms with van der Waals surface area (Å²) >= 11 is 0. The van der Waals surface area contributed by atoms with Gasteiger partial charge in [0.25, 0.3) is 0 Å². The van der Waals surface area contributed by atoms with E-state index in [1.165, 1.54) is 5.56 Å². The molecule has 0 bridgehead atoms. The predicted molar refractivity (Wildman–Crippen MR) is 67.9 cm³/mol. The summed E-state index contributed by atoms with van der Waals surface area (Å²) in [6.45, 7) is 2.18. The lowest BCUT2D eigenvalue weighted by atomic mass is 10.1. The van der Waals surface area contributed by atoms with Crippen LogP contribution in [0.4, 0.5) is 0 Å². The monoisotopic (exact) mass is 230 g/mol. The van der Waals surface area contributed by atoms with Crippen LogP contribution >= 0.6 is 0 Å². The molecule has 1 heterocycles. The van der Waals surface area contributed by atoms with Crippen molar-refractivity contribution in [2.24, 2.45) is 5.92 Å². The summed E-state index contributed by atoms with van der Waals surface area (Å²) in [5.41, 5.74) is 2.23. The molecule has 90 valence electrons. The van der Waals surface area contributed by atoms with Gasteiger partial charge in [-0.3, -0.25) is 0 Å². The average Bonchev–Trinajstić information content (AvgIpc) is 3.08. The summed E-state index contributed by atoms with van der Waals surface area (Å²) in [5, 5.41) is 11.2. The van der Waals surface area contributed by atoms with Crippen LogP contribution in [0.1, 0.15) is 43.6 Å². The fourth-order valence-corrected chi connectivity index (χ4v) is 2.35. The minimum absolute atomic E-state index is 0.406. The maximum atomic E-state index is 10.0. The Morgan fingerprint density at radius 1 is 1.35 bits per heavy atom. The summed E-state index contributed by atoms with van der Waals surface area (Å²) in [6.07, 6.45) is 4.10. The lowest BCUT2D eigenvalue weighted by Gasteiger charge is -2.03. The summed E-state index contributed by atoms with van der Waals surface area (Å²) in [7, 11) is 0. The van der Waals surface area contributed by atoms with Crippen molar-refractivity contribution < 1.29 is 9.52 Å². The van der Waals surface area contributed by atoms with Crippen LogP contribution in [-0.2, 0) is 6.42 Å². The highest BCUT2D eigenvalue weighted by molar-refractivity contribution is 5.78. The third-order valence-corrected chi connectivity index (χ3v) is 3.50. The van der Waals surface area contributed by atoms with Gasteiger partial charge in [-0.15, -0.1) is 0 Å². The Morgan fingerprint density at radius 2 is 2.18 bits per heavy atom. The molecule has 1 N–H and O–H groups in total. The number of hydrogen-bond donors (Lipinski definition) is 1. The zero-order valence-corrected chi connectivity index (χ0v) is 10.1. The van der Waals surface area contributed by atoms with Crippen LogP contribution < -0.4 is 0 Å². The Balaban J connectivity index is 1.94. The Morgan fingerprint density at radius 3 is 2.88 bits per heavy atom. The number of aryl methyl sites for hydroxylation is 1. The lowest BCUT2D eigenvalue weighted by Crippen LogP contribution is -1.96. The molecule has 3 rings (SSSR count). The van der Waals surface area contributed by atoms with E-state index in [2.05, 4.69) is 19.1 Å². The fourth-order valence-electron chi connectivity index (χ4n) is 2.35. The number of rotatable bonds is 4. The fraction of sp³-hybridized carbons (Fsp3) is 0.467. The minimum Gasteiger partial charge on any atom is -0.458 e. The van der Waals surface area contributed by atoms with Crippen molar-refractivity contribution >= 4 is 11.0 Å². The first-order chi connectivity index (χ1) is 8.28. The van der Waals surface area contributed by atoms with E-state index >= 15 is 0 Å². The van der Waals surface area contributed by atoms with Crippen molar-refractivity contribution in [3.05, 3.63) is 35.6 Å². The Kier molecular flexibility index (Phi) is 2.67. The normalized spacial score (nSPS) is 17.5. The molecule has 0 spiro atoms. The molecule has 1 unspecified atom stereocenters. The molecule has 1 aliphatic rings. The van der Waals surface area contributed by atoms with Crippen molar-refractivity contribution in [3.8, 4) is 0 Å². The second-order valence-corrected chi connectivity index (χ2v) is 5.05. The van der Waals surface area contributed by atoms with Gasteiger partial charge < -0.3 is 9.52 Å². The molecule has 2 heteroatoms. The third kappa shape index (κ3) is 2.09. The van der Waals surface area contributed by atoms with E-state index in [0.29, 0.717) is 5.92 Å². The first-order valence-corrected chi connectivity index (χ1v) is 6.48. The molecular weight excluding hydrogens is 212 g/mol. The van der Waals surface area contributed by atoms with Crippen molar-refractivity contribution in [2.75, 3.05) is 0 Å². The molecule has 1 aromatic carbocycles. The van der Waals surface area contributed by atoms with E-state index in [-0.39, 0.29) is 0 Å². The Labute approximate surface area is 101 Å². The summed E-state index contributed by atoms with van der Waals surface area (Å²) < 4.78 is 5.71. The highest BCUT2D eigenvalue weighted by Crippen LogP contribution is 2.42. The molecule has 0 aliphatic heterocycles. The van der Waals surface area contributed by atoms with E-state index in [4.69, 9.17) is 4.42 Å². The van der Waals surface area contributed by atoms with Gasteiger partial charge in [-0.05, 0) is 48.9 Å². The Hall–Kier alpha value is -1.28. The van der Waals surface area contributed by atoms with Gasteiger partial charge in [-0.25, -0.2) is 0 Å². The second-order valence-electron chi connectivity index (χ2n) is 5.05. The first kappa shape index (κ1) is 10.8. The zero-order chi connectivity index (χ0) is 11.8. The van der Waals surface area contributed by atoms with Crippen LogP contribution in [0.25, 0.3) is 11.0 Å². The SMILES string of the molecule is CCCc1ccc2oc(C(O)C3CC3)cc2c1. The molecule has 0 saturated heterocycles. The zero-order valence-electron chi connectivity index (χ0n) is 10.1. The van der Waals surface area contributed by atoms with Gasteiger partial charge in [0, 0.05) is 5.39 Å². The van der Waals surface area contributed by atoms with Crippen LogP contribution in [0, 0.1) is 5.92 Å². The van der Waals surface area contributed by atoms with Gasteiger partial charge in [0.05, 0.1) is 0 Å². The molecule has 2 nitrogen and oxygen atoms in total. The van der Waals surface area contributed by atoms with Gasteiger partial charge in [-0.1, -0.05) is 19.4 Å². The number of aliphatic hydroxyl groups is 1. The predicted octanol–water partition coefficient (Wildman–Crippen LogP) is 3.83. The van der Waals surface area contributed by atoms with Crippen LogP contribution in [0.15, 0.2) is 28.7 Å². The van der Waals surface area contributed by atoms with E-state index < -0.39 is 6.10 Å². The summed E-state index contributed by atoms with van der Waals surface area (Å²) in [6, 6.07) is 8.30. The highest BCUT2D eigenvalue weighted by atomic mass is 16.4. The maximum Gasteiger partial charge on any atom is 0.134 e. The molecule has 2 aromatic rings. The van der Waals surface area contributed by atoms with Gasteiger partial charge in [0.1, 0.15) is 17.4 Å². The number of benzene rings is 1. The van der Waals surface area contributed by atoms with Gasteiger partial charge in [-0.2, -0.15) is 0 Å². The summed E-state index contributed by atoms with van der Waals surface area (Å²) in [4.78, 5) is 0. The molecule has 1 saturated carbocycles. The molecule has 0 amide bonds. The van der Waals surface area contributed by atoms with Crippen LogP contribution in [0.2, 0.25) is 0 Å². The average molecular weight is 230 g/mol. The maximum absolute atomic E-state index is 10.0. The van der Waals surface area contributed by atoms with Crippen LogP contribution in [-0.4, -0.2) is 5.11 Å². The Bertz CT molecular complexity index is 523. The van der Waals surface area contributed by atoms with Gasteiger partial charge in [0.15, 0.2) is 0 Å². The molecule has 17 heavy (non-hydrogen) atoms. The molecule has 1 aromatic heterocycles. The highest BCUT2D eigenvalue weighted by Gasteiger charge is 2.32. The minimum atomic E-state index is -0.406. The van der Waals surface area contributed by atoms with E-state index in [0.717, 1.165) is 42.4 Å². The molecule has 1 aliphatic carbocycles. The molecule has 1 atom stereocenters. The summed E-state index contributed by atoms with van der Waals surface area (Å²) in [5.74, 6) is 1.15. The lowest BCUT2D eigenvalue weighted by molar-refractivity contribution is 0.129. The van der Waals surface area contributed by atoms with Crippen molar-refractivity contribution in [1.82, 2.24) is 0 Å². The number of hydrogen-bond acceptors (Lipinski definition) is 2. The topological polar surface area (TPSA) is 33.4 Å². The van der Waals surface area contributed by atoms with Crippen molar-refractivity contribution in [1.29, 1.82) is 0 Å². The number of furan rings is 1. The van der Waals surface area contributed by atoms with E-state index in [9.17, 15) is 5.11 Å². The number of fused-ring (bicyclic) bond motifs is 1. The largest absolute Gasteiger partial charge is 0.458 e. The standard InChI is InChI=1S/C15H18O2/c1-2-3-10-4-7-13-12(8-10)9-14(17-13)15(16)11-5-6-11/h4,7-9,11,15-16H,2-3,5-6H2,1H3.